The third-order valence-corrected chi connectivity index (χ3v) is 7.08. The van der Waals surface area contributed by atoms with Gasteiger partial charge >= 0.3 is 0 Å². The number of ether oxygens (including phenoxy) is 1. The Hall–Kier alpha value is -2.38. The lowest BCUT2D eigenvalue weighted by molar-refractivity contribution is 0.0273. The summed E-state index contributed by atoms with van der Waals surface area (Å²) < 4.78 is 33.6. The fourth-order valence-electron chi connectivity index (χ4n) is 3.64. The van der Waals surface area contributed by atoms with Crippen molar-refractivity contribution in [2.75, 3.05) is 17.9 Å². The summed E-state index contributed by atoms with van der Waals surface area (Å²) in [7, 11) is -3.68. The summed E-state index contributed by atoms with van der Waals surface area (Å²) in [6.07, 6.45) is 7.25. The van der Waals surface area contributed by atoms with Crippen LogP contribution in [0.3, 0.4) is 0 Å². The fourth-order valence-corrected chi connectivity index (χ4v) is 4.79. The molecule has 0 aromatic heterocycles. The first kappa shape index (κ1) is 23.3. The molecule has 0 radical (unpaired) electrons. The first-order valence-corrected chi connectivity index (χ1v) is 12.4. The van der Waals surface area contributed by atoms with Gasteiger partial charge in [0.05, 0.1) is 11.0 Å². The van der Waals surface area contributed by atoms with Crippen molar-refractivity contribution >= 4 is 21.6 Å². The van der Waals surface area contributed by atoms with Crippen LogP contribution in [-0.4, -0.2) is 33.6 Å². The van der Waals surface area contributed by atoms with Crippen LogP contribution >= 0.6 is 0 Å². The number of rotatable bonds is 9. The highest BCUT2D eigenvalue weighted by Crippen LogP contribution is 2.21. The van der Waals surface area contributed by atoms with Crippen LogP contribution in [0, 0.1) is 13.8 Å². The van der Waals surface area contributed by atoms with E-state index in [1.54, 1.807) is 42.5 Å². The van der Waals surface area contributed by atoms with Crippen LogP contribution in [0.4, 0.5) is 5.69 Å². The fraction of sp³-hybridized carbons (Fsp3) is 0.458. The van der Waals surface area contributed by atoms with Gasteiger partial charge in [0.25, 0.3) is 15.9 Å². The molecule has 0 atom stereocenters. The van der Waals surface area contributed by atoms with Crippen molar-refractivity contribution in [1.29, 1.82) is 0 Å². The molecule has 168 valence electrons. The lowest BCUT2D eigenvalue weighted by Gasteiger charge is -2.21. The van der Waals surface area contributed by atoms with E-state index in [2.05, 4.69) is 10.0 Å². The minimum atomic E-state index is -3.68. The highest BCUT2D eigenvalue weighted by molar-refractivity contribution is 7.92. The van der Waals surface area contributed by atoms with E-state index in [1.165, 1.54) is 19.3 Å². The molecular weight excluding hydrogens is 412 g/mol. The lowest BCUT2D eigenvalue weighted by atomic mass is 9.98. The van der Waals surface area contributed by atoms with Crippen molar-refractivity contribution in [2.45, 2.75) is 63.4 Å². The summed E-state index contributed by atoms with van der Waals surface area (Å²) in [4.78, 5) is 12.5. The molecule has 0 aliphatic heterocycles. The Bertz CT molecular complexity index is 981. The van der Waals surface area contributed by atoms with Crippen molar-refractivity contribution < 1.29 is 17.9 Å². The average molecular weight is 445 g/mol. The molecule has 1 aliphatic rings. The van der Waals surface area contributed by atoms with E-state index >= 15 is 0 Å². The van der Waals surface area contributed by atoms with Crippen LogP contribution < -0.4 is 10.0 Å². The predicted octanol–water partition coefficient (Wildman–Crippen LogP) is 4.57. The van der Waals surface area contributed by atoms with Gasteiger partial charge in [0.2, 0.25) is 0 Å². The second kappa shape index (κ2) is 10.8. The molecule has 0 bridgehead atoms. The predicted molar refractivity (Wildman–Crippen MR) is 123 cm³/mol. The quantitative estimate of drug-likeness (QED) is 0.555. The zero-order valence-corrected chi connectivity index (χ0v) is 19.1. The highest BCUT2D eigenvalue weighted by Gasteiger charge is 2.16. The van der Waals surface area contributed by atoms with Gasteiger partial charge in [-0.1, -0.05) is 25.3 Å². The van der Waals surface area contributed by atoms with Crippen molar-refractivity contribution in [3.05, 3.63) is 59.2 Å². The van der Waals surface area contributed by atoms with Gasteiger partial charge in [-0.05, 0) is 80.6 Å². The molecule has 2 aromatic rings. The van der Waals surface area contributed by atoms with Crippen LogP contribution in [0.2, 0.25) is 0 Å². The second-order valence-electron chi connectivity index (χ2n) is 8.17. The number of anilines is 1. The molecule has 0 unspecified atom stereocenters. The van der Waals surface area contributed by atoms with Gasteiger partial charge in [-0.15, -0.1) is 0 Å². The number of carbonyl (C=O) groups is 1. The molecule has 31 heavy (non-hydrogen) atoms. The molecule has 6 nitrogen and oxygen atoms in total. The van der Waals surface area contributed by atoms with Crippen LogP contribution in [0.1, 0.15) is 60.0 Å². The van der Waals surface area contributed by atoms with Crippen LogP contribution in [0.15, 0.2) is 47.4 Å². The molecule has 0 heterocycles. The van der Waals surface area contributed by atoms with Gasteiger partial charge in [0.1, 0.15) is 0 Å². The largest absolute Gasteiger partial charge is 0.378 e. The Labute approximate surface area is 185 Å². The van der Waals surface area contributed by atoms with Crippen LogP contribution in [0.25, 0.3) is 0 Å². The highest BCUT2D eigenvalue weighted by atomic mass is 32.2. The van der Waals surface area contributed by atoms with Crippen molar-refractivity contribution in [1.82, 2.24) is 5.32 Å². The minimum Gasteiger partial charge on any atom is -0.378 e. The smallest absolute Gasteiger partial charge is 0.261 e. The molecule has 2 aromatic carbocycles. The number of nitrogens with one attached hydrogen (secondary N) is 2. The Balaban J connectivity index is 1.46. The SMILES string of the molecule is Cc1ccc(S(=O)(=O)Nc2ccc(C(=O)NCCCOC3CCCCC3)cc2)cc1C. The Morgan fingerprint density at radius 1 is 1.00 bits per heavy atom. The van der Waals surface area contributed by atoms with Crippen molar-refractivity contribution in [3.63, 3.8) is 0 Å². The number of carbonyl (C=O) groups excluding carboxylic acids is 1. The molecule has 0 saturated heterocycles. The van der Waals surface area contributed by atoms with Gasteiger partial charge in [-0.25, -0.2) is 8.42 Å². The molecule has 1 fully saturated rings. The van der Waals surface area contributed by atoms with Gasteiger partial charge in [-0.2, -0.15) is 0 Å². The summed E-state index contributed by atoms with van der Waals surface area (Å²) in [6, 6.07) is 11.5. The van der Waals surface area contributed by atoms with E-state index in [1.807, 2.05) is 13.8 Å². The van der Waals surface area contributed by atoms with Crippen LogP contribution in [-0.2, 0) is 14.8 Å². The number of benzene rings is 2. The lowest BCUT2D eigenvalue weighted by Crippen LogP contribution is -2.26. The van der Waals surface area contributed by atoms with Gasteiger partial charge in [0.15, 0.2) is 0 Å². The van der Waals surface area contributed by atoms with E-state index in [0.717, 1.165) is 30.4 Å². The summed E-state index contributed by atoms with van der Waals surface area (Å²) in [5, 5.41) is 2.88. The van der Waals surface area contributed by atoms with Crippen molar-refractivity contribution in [3.8, 4) is 0 Å². The van der Waals surface area contributed by atoms with Gasteiger partial charge in [0, 0.05) is 24.4 Å². The van der Waals surface area contributed by atoms with Crippen LogP contribution in [0.5, 0.6) is 0 Å². The minimum absolute atomic E-state index is 0.179. The number of hydrogen-bond acceptors (Lipinski definition) is 4. The Morgan fingerprint density at radius 2 is 1.71 bits per heavy atom. The van der Waals surface area contributed by atoms with E-state index in [9.17, 15) is 13.2 Å². The van der Waals surface area contributed by atoms with E-state index in [4.69, 9.17) is 4.74 Å². The number of aryl methyl sites for hydroxylation is 2. The zero-order chi connectivity index (χ0) is 22.3. The number of hydrogen-bond donors (Lipinski definition) is 2. The van der Waals surface area contributed by atoms with Gasteiger partial charge in [-0.3, -0.25) is 9.52 Å². The second-order valence-corrected chi connectivity index (χ2v) is 9.85. The topological polar surface area (TPSA) is 84.5 Å². The third kappa shape index (κ3) is 6.80. The zero-order valence-electron chi connectivity index (χ0n) is 18.3. The average Bonchev–Trinajstić information content (AvgIpc) is 2.76. The molecule has 1 saturated carbocycles. The van der Waals surface area contributed by atoms with Crippen molar-refractivity contribution in [2.24, 2.45) is 0 Å². The molecule has 1 aliphatic carbocycles. The summed E-state index contributed by atoms with van der Waals surface area (Å²) in [5.74, 6) is -0.179. The maximum Gasteiger partial charge on any atom is 0.261 e. The number of amides is 1. The monoisotopic (exact) mass is 444 g/mol. The maximum absolute atomic E-state index is 12.6. The Kier molecular flexibility index (Phi) is 8.09. The molecule has 0 spiro atoms. The summed E-state index contributed by atoms with van der Waals surface area (Å²) in [6.45, 7) is 5.02. The standard InChI is InChI=1S/C24H32N2O4S/c1-18-9-14-23(17-19(18)2)31(28,29)26-21-12-10-20(11-13-21)24(27)25-15-6-16-30-22-7-4-3-5-8-22/h9-14,17,22,26H,3-8,15-16H2,1-2H3,(H,25,27). The molecule has 2 N–H and O–H groups in total. The van der Waals surface area contributed by atoms with E-state index in [0.29, 0.717) is 30.5 Å². The van der Waals surface area contributed by atoms with E-state index in [-0.39, 0.29) is 10.8 Å². The summed E-state index contributed by atoms with van der Waals surface area (Å²) in [5.41, 5.74) is 2.85. The summed E-state index contributed by atoms with van der Waals surface area (Å²) >= 11 is 0. The molecule has 7 heteroatoms. The van der Waals surface area contributed by atoms with E-state index < -0.39 is 10.0 Å². The molecular formula is C24H32N2O4S. The molecule has 3 rings (SSSR count). The first-order chi connectivity index (χ1) is 14.8. The normalized spacial score (nSPS) is 14.9. The Morgan fingerprint density at radius 3 is 2.39 bits per heavy atom. The molecule has 1 amide bonds. The number of sulfonamides is 1. The first-order valence-electron chi connectivity index (χ1n) is 10.9. The third-order valence-electron chi connectivity index (χ3n) is 5.70. The maximum atomic E-state index is 12.6. The van der Waals surface area contributed by atoms with Gasteiger partial charge < -0.3 is 10.1 Å².